The van der Waals surface area contributed by atoms with Crippen molar-refractivity contribution in [2.24, 2.45) is 0 Å². The Morgan fingerprint density at radius 3 is 2.64 bits per heavy atom. The van der Waals surface area contributed by atoms with Gasteiger partial charge in [0.2, 0.25) is 0 Å². The Kier molecular flexibility index (Phi) is 4.08. The van der Waals surface area contributed by atoms with Crippen LogP contribution in [0.4, 0.5) is 5.69 Å². The second-order valence-electron chi connectivity index (χ2n) is 4.48. The first-order valence-electron chi connectivity index (χ1n) is 6.63. The van der Waals surface area contributed by atoms with Crippen LogP contribution in [0.5, 0.6) is 0 Å². The van der Waals surface area contributed by atoms with Crippen molar-refractivity contribution in [2.75, 3.05) is 11.2 Å². The molecule has 108 valence electrons. The Labute approximate surface area is 131 Å². The van der Waals surface area contributed by atoms with Crippen molar-refractivity contribution in [3.05, 3.63) is 65.0 Å². The highest BCUT2D eigenvalue weighted by atomic mass is 32.2. The molecule has 0 radical (unpaired) electrons. The molecule has 1 N–H and O–H groups in total. The number of fused-ring (bicyclic) bond motifs is 1. The number of nitrogens with zero attached hydrogens (tertiary/aromatic N) is 3. The normalized spacial score (nSPS) is 10.3. The van der Waals surface area contributed by atoms with Gasteiger partial charge in [0.25, 0.3) is 5.56 Å². The van der Waals surface area contributed by atoms with E-state index in [9.17, 15) is 4.79 Å². The fraction of sp³-hybridized carbons (Fsp3) is 0.0625. The number of aromatic nitrogens is 2. The number of nitriles is 1. The molecular weight excluding hydrogens is 296 g/mol. The van der Waals surface area contributed by atoms with Gasteiger partial charge in [-0.1, -0.05) is 42.1 Å². The Bertz CT molecular complexity index is 899. The summed E-state index contributed by atoms with van der Waals surface area (Å²) < 4.78 is 1.39. The van der Waals surface area contributed by atoms with Crippen LogP contribution < -0.4 is 11.0 Å². The predicted octanol–water partition coefficient (Wildman–Crippen LogP) is 2.89. The van der Waals surface area contributed by atoms with Gasteiger partial charge in [-0.3, -0.25) is 10.2 Å². The van der Waals surface area contributed by atoms with Gasteiger partial charge in [-0.25, -0.2) is 4.98 Å². The van der Waals surface area contributed by atoms with Crippen LogP contribution in [0.15, 0.2) is 64.5 Å². The summed E-state index contributed by atoms with van der Waals surface area (Å²) in [6.07, 6.45) is 0. The van der Waals surface area contributed by atoms with Gasteiger partial charge in [0.15, 0.2) is 5.16 Å². The molecule has 3 rings (SSSR count). The minimum Gasteiger partial charge on any atom is -0.289 e. The van der Waals surface area contributed by atoms with E-state index in [-0.39, 0.29) is 11.3 Å². The quantitative estimate of drug-likeness (QED) is 0.593. The van der Waals surface area contributed by atoms with Crippen molar-refractivity contribution in [1.82, 2.24) is 9.66 Å². The van der Waals surface area contributed by atoms with Crippen molar-refractivity contribution < 1.29 is 0 Å². The first-order chi connectivity index (χ1) is 10.8. The Balaban J connectivity index is 2.15. The minimum atomic E-state index is -0.185. The summed E-state index contributed by atoms with van der Waals surface area (Å²) >= 11 is 1.22. The van der Waals surface area contributed by atoms with Gasteiger partial charge in [-0.05, 0) is 24.3 Å². The van der Waals surface area contributed by atoms with E-state index in [2.05, 4.69) is 16.5 Å². The van der Waals surface area contributed by atoms with Gasteiger partial charge < -0.3 is 0 Å². The van der Waals surface area contributed by atoms with Gasteiger partial charge in [0.1, 0.15) is 0 Å². The topological polar surface area (TPSA) is 70.7 Å². The summed E-state index contributed by atoms with van der Waals surface area (Å²) in [6, 6.07) is 18.6. The van der Waals surface area contributed by atoms with E-state index >= 15 is 0 Å². The molecule has 22 heavy (non-hydrogen) atoms. The number of anilines is 1. The highest BCUT2D eigenvalue weighted by Crippen LogP contribution is 2.18. The van der Waals surface area contributed by atoms with Crippen LogP contribution in [-0.4, -0.2) is 15.4 Å². The maximum absolute atomic E-state index is 12.7. The van der Waals surface area contributed by atoms with E-state index in [1.807, 2.05) is 36.4 Å². The first kappa shape index (κ1) is 14.2. The number of hydrogen-bond acceptors (Lipinski definition) is 5. The van der Waals surface area contributed by atoms with Crippen LogP contribution in [-0.2, 0) is 0 Å². The summed E-state index contributed by atoms with van der Waals surface area (Å²) in [5, 5.41) is 9.79. The molecule has 2 aromatic carbocycles. The van der Waals surface area contributed by atoms with Crippen molar-refractivity contribution in [3.63, 3.8) is 0 Å². The van der Waals surface area contributed by atoms with E-state index in [0.717, 1.165) is 5.69 Å². The first-order valence-corrected chi connectivity index (χ1v) is 7.62. The molecule has 0 atom stereocenters. The molecule has 0 aliphatic rings. The molecule has 5 nitrogen and oxygen atoms in total. The summed E-state index contributed by atoms with van der Waals surface area (Å²) in [6.45, 7) is 0. The molecule has 0 aliphatic heterocycles. The Morgan fingerprint density at radius 2 is 1.86 bits per heavy atom. The van der Waals surface area contributed by atoms with Crippen molar-refractivity contribution >= 4 is 28.4 Å². The highest BCUT2D eigenvalue weighted by Gasteiger charge is 2.11. The SMILES string of the molecule is N#CCSc1nc2ccccc2c(=O)n1Nc1ccccc1. The van der Waals surface area contributed by atoms with Crippen LogP contribution >= 0.6 is 11.8 Å². The zero-order valence-corrected chi connectivity index (χ0v) is 12.4. The number of benzene rings is 2. The lowest BCUT2D eigenvalue weighted by Gasteiger charge is -2.14. The third-order valence-electron chi connectivity index (χ3n) is 3.03. The Hall–Kier alpha value is -2.78. The molecule has 1 aromatic heterocycles. The minimum absolute atomic E-state index is 0.185. The lowest BCUT2D eigenvalue weighted by molar-refractivity contribution is 0.758. The molecule has 0 saturated heterocycles. The van der Waals surface area contributed by atoms with Gasteiger partial charge >= 0.3 is 0 Å². The number of para-hydroxylation sites is 2. The van der Waals surface area contributed by atoms with Gasteiger partial charge in [0.05, 0.1) is 28.4 Å². The van der Waals surface area contributed by atoms with Crippen molar-refractivity contribution in [2.45, 2.75) is 5.16 Å². The fourth-order valence-corrected chi connectivity index (χ4v) is 2.66. The third kappa shape index (κ3) is 2.80. The number of hydrogen-bond donors (Lipinski definition) is 1. The number of thioether (sulfide) groups is 1. The summed E-state index contributed by atoms with van der Waals surface area (Å²) in [5.74, 6) is 0.223. The van der Waals surface area contributed by atoms with Crippen LogP contribution in [0.3, 0.4) is 0 Å². The van der Waals surface area contributed by atoms with Crippen molar-refractivity contribution in [3.8, 4) is 6.07 Å². The van der Waals surface area contributed by atoms with Crippen LogP contribution in [0.2, 0.25) is 0 Å². The molecule has 6 heteroatoms. The zero-order valence-electron chi connectivity index (χ0n) is 11.6. The highest BCUT2D eigenvalue weighted by molar-refractivity contribution is 7.99. The zero-order chi connectivity index (χ0) is 15.4. The van der Waals surface area contributed by atoms with E-state index in [1.165, 1.54) is 16.4 Å². The molecule has 0 amide bonds. The van der Waals surface area contributed by atoms with E-state index in [4.69, 9.17) is 5.26 Å². The maximum atomic E-state index is 12.7. The molecule has 0 spiro atoms. The maximum Gasteiger partial charge on any atom is 0.280 e. The lowest BCUT2D eigenvalue weighted by atomic mass is 10.2. The summed E-state index contributed by atoms with van der Waals surface area (Å²) in [4.78, 5) is 17.2. The molecular formula is C16H12N4OS. The standard InChI is InChI=1S/C16H12N4OS/c17-10-11-22-16-18-14-9-5-4-8-13(14)15(21)20(16)19-12-6-2-1-3-7-12/h1-9,19H,11H2. The van der Waals surface area contributed by atoms with E-state index in [0.29, 0.717) is 16.1 Å². The average molecular weight is 308 g/mol. The fourth-order valence-electron chi connectivity index (χ4n) is 2.05. The number of nitrogens with one attached hydrogen (secondary N) is 1. The second-order valence-corrected chi connectivity index (χ2v) is 5.42. The molecule has 0 bridgehead atoms. The average Bonchev–Trinajstić information content (AvgIpc) is 2.57. The van der Waals surface area contributed by atoms with E-state index < -0.39 is 0 Å². The van der Waals surface area contributed by atoms with Gasteiger partial charge in [-0.15, -0.1) is 0 Å². The lowest BCUT2D eigenvalue weighted by Crippen LogP contribution is -2.29. The van der Waals surface area contributed by atoms with Gasteiger partial charge in [-0.2, -0.15) is 9.94 Å². The van der Waals surface area contributed by atoms with Crippen molar-refractivity contribution in [1.29, 1.82) is 5.26 Å². The monoisotopic (exact) mass is 308 g/mol. The molecule has 0 fully saturated rings. The number of rotatable bonds is 4. The van der Waals surface area contributed by atoms with Crippen LogP contribution in [0, 0.1) is 11.3 Å². The molecule has 1 heterocycles. The van der Waals surface area contributed by atoms with Crippen LogP contribution in [0.25, 0.3) is 10.9 Å². The van der Waals surface area contributed by atoms with E-state index in [1.54, 1.807) is 18.2 Å². The Morgan fingerprint density at radius 1 is 1.14 bits per heavy atom. The van der Waals surface area contributed by atoms with Crippen LogP contribution in [0.1, 0.15) is 0 Å². The second kappa shape index (κ2) is 6.33. The molecule has 0 saturated carbocycles. The third-order valence-corrected chi connectivity index (χ3v) is 3.83. The summed E-state index contributed by atoms with van der Waals surface area (Å²) in [7, 11) is 0. The summed E-state index contributed by atoms with van der Waals surface area (Å²) in [5.41, 5.74) is 4.27. The molecule has 0 unspecified atom stereocenters. The largest absolute Gasteiger partial charge is 0.289 e. The smallest absolute Gasteiger partial charge is 0.280 e. The molecule has 0 aliphatic carbocycles. The van der Waals surface area contributed by atoms with Gasteiger partial charge in [0, 0.05) is 0 Å². The molecule has 3 aromatic rings. The predicted molar refractivity (Wildman–Crippen MR) is 87.8 cm³/mol.